The predicted molar refractivity (Wildman–Crippen MR) is 58.4 cm³/mol. The van der Waals surface area contributed by atoms with Gasteiger partial charge in [0.1, 0.15) is 11.6 Å². The molecule has 0 bridgehead atoms. The molecule has 0 atom stereocenters. The van der Waals surface area contributed by atoms with E-state index in [4.69, 9.17) is 4.74 Å². The zero-order valence-electron chi connectivity index (χ0n) is 9.69. The molecule has 0 aromatic heterocycles. The molecule has 0 unspecified atom stereocenters. The van der Waals surface area contributed by atoms with Crippen LogP contribution in [-0.2, 0) is 14.3 Å². The molecule has 92 valence electrons. The van der Waals surface area contributed by atoms with Gasteiger partial charge in [-0.15, -0.1) is 0 Å². The lowest BCUT2D eigenvalue weighted by molar-refractivity contribution is -0.151. The van der Waals surface area contributed by atoms with Gasteiger partial charge in [0.25, 0.3) is 0 Å². The minimum absolute atomic E-state index is 0.155. The van der Waals surface area contributed by atoms with E-state index in [9.17, 15) is 14.0 Å². The first kappa shape index (κ1) is 13.0. The Morgan fingerprint density at radius 2 is 1.94 bits per heavy atom. The summed E-state index contributed by atoms with van der Waals surface area (Å²) in [5.74, 6) is -2.19. The first-order chi connectivity index (χ1) is 8.01. The van der Waals surface area contributed by atoms with Gasteiger partial charge in [-0.2, -0.15) is 0 Å². The molecule has 1 aromatic carbocycles. The second-order valence-electron chi connectivity index (χ2n) is 3.17. The third kappa shape index (κ3) is 2.72. The molecular formula is C11H12FNO4. The van der Waals surface area contributed by atoms with Crippen molar-refractivity contribution in [3.05, 3.63) is 24.0 Å². The zero-order chi connectivity index (χ0) is 13.0. The normalized spacial score (nSPS) is 9.65. The van der Waals surface area contributed by atoms with Crippen LogP contribution in [0.4, 0.5) is 10.1 Å². The van der Waals surface area contributed by atoms with E-state index >= 15 is 0 Å². The quantitative estimate of drug-likeness (QED) is 0.572. The number of anilines is 1. The summed E-state index contributed by atoms with van der Waals surface area (Å²) in [6.07, 6.45) is 0. The van der Waals surface area contributed by atoms with Crippen LogP contribution in [0.25, 0.3) is 0 Å². The van der Waals surface area contributed by atoms with Crippen molar-refractivity contribution in [1.82, 2.24) is 0 Å². The topological polar surface area (TPSA) is 55.8 Å². The molecule has 0 saturated carbocycles. The number of carbonyl (C=O) groups is 2. The Bertz CT molecular complexity index is 447. The zero-order valence-corrected chi connectivity index (χ0v) is 9.69. The molecule has 5 nitrogen and oxygen atoms in total. The van der Waals surface area contributed by atoms with Gasteiger partial charge >= 0.3 is 11.9 Å². The summed E-state index contributed by atoms with van der Waals surface area (Å²) in [5, 5.41) is 0. The third-order valence-electron chi connectivity index (χ3n) is 2.17. The summed E-state index contributed by atoms with van der Waals surface area (Å²) < 4.78 is 22.3. The van der Waals surface area contributed by atoms with Crippen molar-refractivity contribution >= 4 is 17.6 Å². The molecule has 0 saturated heterocycles. The molecule has 0 aliphatic rings. The predicted octanol–water partition coefficient (Wildman–Crippen LogP) is 0.970. The minimum Gasteiger partial charge on any atom is -0.495 e. The highest BCUT2D eigenvalue weighted by atomic mass is 19.1. The number of nitrogens with zero attached hydrogens (tertiary/aromatic N) is 1. The van der Waals surface area contributed by atoms with E-state index in [0.29, 0.717) is 0 Å². The summed E-state index contributed by atoms with van der Waals surface area (Å²) >= 11 is 0. The number of hydrogen-bond acceptors (Lipinski definition) is 4. The van der Waals surface area contributed by atoms with E-state index in [1.807, 2.05) is 0 Å². The molecule has 0 aliphatic heterocycles. The van der Waals surface area contributed by atoms with Gasteiger partial charge in [-0.3, -0.25) is 4.79 Å². The molecule has 1 amide bonds. The van der Waals surface area contributed by atoms with Crippen LogP contribution < -0.4 is 9.64 Å². The number of methoxy groups -OCH3 is 2. The van der Waals surface area contributed by atoms with E-state index in [0.717, 1.165) is 18.1 Å². The average molecular weight is 241 g/mol. The smallest absolute Gasteiger partial charge is 0.397 e. The Hall–Kier alpha value is -2.11. The van der Waals surface area contributed by atoms with Crippen molar-refractivity contribution in [1.29, 1.82) is 0 Å². The molecule has 1 rings (SSSR count). The fourth-order valence-electron chi connectivity index (χ4n) is 1.26. The third-order valence-corrected chi connectivity index (χ3v) is 2.17. The molecule has 0 aliphatic carbocycles. The Kier molecular flexibility index (Phi) is 4.03. The second kappa shape index (κ2) is 5.29. The summed E-state index contributed by atoms with van der Waals surface area (Å²) in [6.45, 7) is 0. The maximum Gasteiger partial charge on any atom is 0.397 e. The fourth-order valence-corrected chi connectivity index (χ4v) is 1.26. The lowest BCUT2D eigenvalue weighted by Gasteiger charge is -2.18. The molecule has 0 fully saturated rings. The number of esters is 1. The highest BCUT2D eigenvalue weighted by Crippen LogP contribution is 2.28. The van der Waals surface area contributed by atoms with Gasteiger partial charge in [0, 0.05) is 13.1 Å². The average Bonchev–Trinajstić information content (AvgIpc) is 2.35. The highest BCUT2D eigenvalue weighted by Gasteiger charge is 2.23. The molecule has 0 N–H and O–H groups in total. The minimum atomic E-state index is -1.03. The van der Waals surface area contributed by atoms with Crippen LogP contribution in [0.1, 0.15) is 0 Å². The number of rotatable bonds is 2. The molecule has 1 aromatic rings. The van der Waals surface area contributed by atoms with Crippen LogP contribution in [0.3, 0.4) is 0 Å². The second-order valence-corrected chi connectivity index (χ2v) is 3.17. The van der Waals surface area contributed by atoms with Crippen LogP contribution in [0.15, 0.2) is 18.2 Å². The Morgan fingerprint density at radius 3 is 2.47 bits per heavy atom. The number of likely N-dealkylation sites (N-methyl/N-ethyl adjacent to an activating group) is 1. The van der Waals surface area contributed by atoms with E-state index in [2.05, 4.69) is 4.74 Å². The van der Waals surface area contributed by atoms with E-state index < -0.39 is 17.7 Å². The summed E-state index contributed by atoms with van der Waals surface area (Å²) in [6, 6.07) is 3.66. The van der Waals surface area contributed by atoms with Crippen molar-refractivity contribution in [3.8, 4) is 5.75 Å². The van der Waals surface area contributed by atoms with Crippen LogP contribution in [-0.4, -0.2) is 33.1 Å². The maximum absolute atomic E-state index is 13.1. The Balaban J connectivity index is 3.10. The van der Waals surface area contributed by atoms with Crippen LogP contribution in [0.5, 0.6) is 5.75 Å². The van der Waals surface area contributed by atoms with E-state index in [1.165, 1.54) is 26.3 Å². The number of hydrogen-bond donors (Lipinski definition) is 0. The SMILES string of the molecule is COC(=O)C(=O)N(C)c1cc(F)ccc1OC. The van der Waals surface area contributed by atoms with Gasteiger partial charge in [0.05, 0.1) is 19.9 Å². The molecule has 0 spiro atoms. The van der Waals surface area contributed by atoms with Gasteiger partial charge in [0.15, 0.2) is 0 Å². The Morgan fingerprint density at radius 1 is 1.29 bits per heavy atom. The monoisotopic (exact) mass is 241 g/mol. The van der Waals surface area contributed by atoms with Gasteiger partial charge in [-0.25, -0.2) is 9.18 Å². The lowest BCUT2D eigenvalue weighted by atomic mass is 10.2. The molecule has 0 radical (unpaired) electrons. The standard InChI is InChI=1S/C11H12FNO4/c1-13(10(14)11(15)17-3)8-6-7(12)4-5-9(8)16-2/h4-6H,1-3H3. The van der Waals surface area contributed by atoms with Crippen LogP contribution >= 0.6 is 0 Å². The largest absolute Gasteiger partial charge is 0.495 e. The van der Waals surface area contributed by atoms with Crippen molar-refractivity contribution in [3.63, 3.8) is 0 Å². The highest BCUT2D eigenvalue weighted by molar-refractivity contribution is 6.38. The molecular weight excluding hydrogens is 229 g/mol. The fraction of sp³-hybridized carbons (Fsp3) is 0.273. The number of carbonyl (C=O) groups excluding carboxylic acids is 2. The van der Waals surface area contributed by atoms with Crippen LogP contribution in [0.2, 0.25) is 0 Å². The maximum atomic E-state index is 13.1. The first-order valence-corrected chi connectivity index (χ1v) is 4.70. The summed E-state index contributed by atoms with van der Waals surface area (Å²) in [5.41, 5.74) is 0.155. The first-order valence-electron chi connectivity index (χ1n) is 4.70. The van der Waals surface area contributed by atoms with Gasteiger partial charge in [-0.05, 0) is 12.1 Å². The van der Waals surface area contributed by atoms with Crippen molar-refractivity contribution in [2.45, 2.75) is 0 Å². The van der Waals surface area contributed by atoms with Gasteiger partial charge < -0.3 is 14.4 Å². The van der Waals surface area contributed by atoms with E-state index in [1.54, 1.807) is 0 Å². The Labute approximate surface area is 97.7 Å². The van der Waals surface area contributed by atoms with Crippen molar-refractivity contribution in [2.75, 3.05) is 26.2 Å². The number of halogens is 1. The van der Waals surface area contributed by atoms with Crippen LogP contribution in [0, 0.1) is 5.82 Å². The summed E-state index contributed by atoms with van der Waals surface area (Å²) in [7, 11) is 3.81. The lowest BCUT2D eigenvalue weighted by Crippen LogP contribution is -2.34. The summed E-state index contributed by atoms with van der Waals surface area (Å²) in [4.78, 5) is 23.6. The number of ether oxygens (including phenoxy) is 2. The van der Waals surface area contributed by atoms with Gasteiger partial charge in [-0.1, -0.05) is 0 Å². The number of benzene rings is 1. The molecule has 6 heteroatoms. The van der Waals surface area contributed by atoms with Gasteiger partial charge in [0.2, 0.25) is 0 Å². The van der Waals surface area contributed by atoms with E-state index in [-0.39, 0.29) is 11.4 Å². The number of amides is 1. The molecule has 17 heavy (non-hydrogen) atoms. The van der Waals surface area contributed by atoms with Crippen molar-refractivity contribution in [2.24, 2.45) is 0 Å². The molecule has 0 heterocycles. The van der Waals surface area contributed by atoms with Crippen molar-refractivity contribution < 1.29 is 23.5 Å².